The van der Waals surface area contributed by atoms with E-state index in [0.29, 0.717) is 18.4 Å². The van der Waals surface area contributed by atoms with Crippen molar-refractivity contribution in [3.05, 3.63) is 75.6 Å². The summed E-state index contributed by atoms with van der Waals surface area (Å²) in [6, 6.07) is 8.91. The van der Waals surface area contributed by atoms with Gasteiger partial charge < -0.3 is 24.5 Å². The largest absolute Gasteiger partial charge is 0.462 e. The molecule has 1 fully saturated rings. The van der Waals surface area contributed by atoms with Crippen molar-refractivity contribution in [2.45, 2.75) is 31.9 Å². The maximum absolute atomic E-state index is 15.5. The van der Waals surface area contributed by atoms with E-state index in [9.17, 15) is 23.9 Å². The number of aliphatic hydroxyl groups is 1. The number of aliphatic hydroxyl groups excluding tert-OH is 1. The van der Waals surface area contributed by atoms with Gasteiger partial charge in [0.2, 0.25) is 5.43 Å². The number of nitrogens with zero attached hydrogens (tertiary/aromatic N) is 1. The van der Waals surface area contributed by atoms with Crippen LogP contribution in [0.15, 0.2) is 47.4 Å². The third-order valence-corrected chi connectivity index (χ3v) is 5.57. The second-order valence-electron chi connectivity index (χ2n) is 8.17. The minimum absolute atomic E-state index is 0.0499. The van der Waals surface area contributed by atoms with Crippen LogP contribution in [0, 0.1) is 11.6 Å². The molecule has 2 N–H and O–H groups in total. The number of benzene rings is 2. The van der Waals surface area contributed by atoms with Crippen LogP contribution in [-0.2, 0) is 9.47 Å². The second kappa shape index (κ2) is 10.2. The van der Waals surface area contributed by atoms with Crippen molar-refractivity contribution in [3.8, 4) is 0 Å². The van der Waals surface area contributed by atoms with Gasteiger partial charge in [0.15, 0.2) is 5.82 Å². The van der Waals surface area contributed by atoms with E-state index in [1.807, 2.05) is 0 Å². The van der Waals surface area contributed by atoms with Crippen LogP contribution in [0.3, 0.4) is 0 Å². The molecule has 1 heterocycles. The quantitative estimate of drug-likeness (QED) is 0.447. The molecule has 0 spiro atoms. The lowest BCUT2D eigenvalue weighted by Crippen LogP contribution is -2.27. The van der Waals surface area contributed by atoms with Crippen LogP contribution in [0.1, 0.15) is 46.5 Å². The maximum Gasteiger partial charge on any atom is 0.343 e. The first-order chi connectivity index (χ1) is 16.8. The smallest absolute Gasteiger partial charge is 0.343 e. The number of halogens is 2. The van der Waals surface area contributed by atoms with Crippen molar-refractivity contribution in [2.75, 3.05) is 25.1 Å². The molecule has 0 aliphatic heterocycles. The van der Waals surface area contributed by atoms with Crippen LogP contribution >= 0.6 is 0 Å². The number of esters is 2. The number of carbonyl (C=O) groups excluding carboxylic acids is 2. The number of fused-ring (bicyclic) bond motifs is 1. The highest BCUT2D eigenvalue weighted by atomic mass is 19.1. The number of carbonyl (C=O) groups is 2. The zero-order valence-corrected chi connectivity index (χ0v) is 18.9. The topological polar surface area (TPSA) is 107 Å². The summed E-state index contributed by atoms with van der Waals surface area (Å²) >= 11 is 0. The van der Waals surface area contributed by atoms with Gasteiger partial charge in [0.25, 0.3) is 0 Å². The number of anilines is 1. The van der Waals surface area contributed by atoms with E-state index in [2.05, 4.69) is 5.32 Å². The van der Waals surface area contributed by atoms with Crippen LogP contribution in [0.5, 0.6) is 0 Å². The summed E-state index contributed by atoms with van der Waals surface area (Å²) < 4.78 is 41.7. The van der Waals surface area contributed by atoms with Crippen LogP contribution < -0.4 is 10.7 Å². The third-order valence-electron chi connectivity index (χ3n) is 5.57. The van der Waals surface area contributed by atoms with Crippen LogP contribution in [0.25, 0.3) is 10.9 Å². The molecule has 2 aromatic carbocycles. The van der Waals surface area contributed by atoms with Crippen LogP contribution in [-0.4, -0.2) is 47.5 Å². The molecule has 0 radical (unpaired) electrons. The average molecular weight is 486 g/mol. The van der Waals surface area contributed by atoms with Gasteiger partial charge in [-0.3, -0.25) is 4.79 Å². The molecule has 184 valence electrons. The molecular weight excluding hydrogens is 462 g/mol. The predicted octanol–water partition coefficient (Wildman–Crippen LogP) is 3.42. The lowest BCUT2D eigenvalue weighted by molar-refractivity contribution is 0.0285. The van der Waals surface area contributed by atoms with Crippen molar-refractivity contribution in [3.63, 3.8) is 0 Å². The van der Waals surface area contributed by atoms with Gasteiger partial charge in [0.05, 0.1) is 23.1 Å². The normalized spacial score (nSPS) is 13.9. The predicted molar refractivity (Wildman–Crippen MR) is 124 cm³/mol. The Morgan fingerprint density at radius 2 is 1.89 bits per heavy atom. The van der Waals surface area contributed by atoms with Crippen LogP contribution in [0.4, 0.5) is 14.5 Å². The van der Waals surface area contributed by atoms with Crippen LogP contribution in [0.2, 0.25) is 0 Å². The van der Waals surface area contributed by atoms with E-state index in [-0.39, 0.29) is 35.7 Å². The van der Waals surface area contributed by atoms with Gasteiger partial charge in [-0.25, -0.2) is 18.4 Å². The maximum atomic E-state index is 15.5. The molecule has 0 saturated heterocycles. The summed E-state index contributed by atoms with van der Waals surface area (Å²) in [5.41, 5.74) is -1.49. The highest BCUT2D eigenvalue weighted by Gasteiger charge is 2.30. The zero-order chi connectivity index (χ0) is 25.1. The molecule has 1 aromatic heterocycles. The molecule has 35 heavy (non-hydrogen) atoms. The lowest BCUT2D eigenvalue weighted by Gasteiger charge is -2.18. The van der Waals surface area contributed by atoms with Gasteiger partial charge in [-0.15, -0.1) is 0 Å². The highest BCUT2D eigenvalue weighted by molar-refractivity contribution is 5.95. The first kappa shape index (κ1) is 24.3. The molecule has 1 unspecified atom stereocenters. The molecule has 1 atom stereocenters. The fraction of sp³-hybridized carbons (Fsp3) is 0.320. The third kappa shape index (κ3) is 5.17. The Hall–Kier alpha value is -3.79. The van der Waals surface area contributed by atoms with Crippen molar-refractivity contribution >= 4 is 28.5 Å². The number of hydrogen-bond donors (Lipinski definition) is 2. The van der Waals surface area contributed by atoms with Gasteiger partial charge in [0, 0.05) is 18.8 Å². The summed E-state index contributed by atoms with van der Waals surface area (Å²) in [5, 5.41) is 12.4. The van der Waals surface area contributed by atoms with Gasteiger partial charge in [-0.2, -0.15) is 0 Å². The van der Waals surface area contributed by atoms with Gasteiger partial charge >= 0.3 is 11.9 Å². The van der Waals surface area contributed by atoms with E-state index in [1.54, 1.807) is 37.3 Å². The molecule has 1 aliphatic rings. The number of hydrogen-bond acceptors (Lipinski definition) is 7. The van der Waals surface area contributed by atoms with Gasteiger partial charge in [-0.1, -0.05) is 18.2 Å². The molecule has 3 aromatic rings. The fourth-order valence-electron chi connectivity index (χ4n) is 3.71. The first-order valence-corrected chi connectivity index (χ1v) is 11.2. The number of ether oxygens (including phenoxy) is 2. The van der Waals surface area contributed by atoms with E-state index in [0.717, 1.165) is 6.07 Å². The monoisotopic (exact) mass is 486 g/mol. The molecule has 1 saturated carbocycles. The molecule has 8 nitrogen and oxygen atoms in total. The minimum atomic E-state index is -1.26. The van der Waals surface area contributed by atoms with Gasteiger partial charge in [0.1, 0.15) is 29.8 Å². The zero-order valence-electron chi connectivity index (χ0n) is 18.9. The summed E-state index contributed by atoms with van der Waals surface area (Å²) in [6.45, 7) is 0.921. The number of aromatic nitrogens is 1. The van der Waals surface area contributed by atoms with E-state index in [4.69, 9.17) is 9.47 Å². The first-order valence-electron chi connectivity index (χ1n) is 11.2. The highest BCUT2D eigenvalue weighted by Crippen LogP contribution is 2.39. The molecule has 10 heteroatoms. The summed E-state index contributed by atoms with van der Waals surface area (Å²) in [5.74, 6) is -3.58. The second-order valence-corrected chi connectivity index (χ2v) is 8.17. The van der Waals surface area contributed by atoms with E-state index >= 15 is 4.39 Å². The lowest BCUT2D eigenvalue weighted by atomic mass is 10.1. The van der Waals surface area contributed by atoms with Gasteiger partial charge in [-0.05, 0) is 38.0 Å². The van der Waals surface area contributed by atoms with Crippen molar-refractivity contribution in [1.29, 1.82) is 0 Å². The molecule has 0 amide bonds. The summed E-state index contributed by atoms with van der Waals surface area (Å²) in [7, 11) is 0. The van der Waals surface area contributed by atoms with Crippen molar-refractivity contribution in [2.24, 2.45) is 0 Å². The number of nitrogens with one attached hydrogen (secondary N) is 1. The van der Waals surface area contributed by atoms with Crippen molar-refractivity contribution < 1.29 is 33.0 Å². The SMILES string of the molecule is CCOC(=O)c1cn(C2CC2)c2c(F)c(NCC(O)COC(=O)c3ccccc3)c(F)cc2c1=O. The Morgan fingerprint density at radius 1 is 1.17 bits per heavy atom. The summed E-state index contributed by atoms with van der Waals surface area (Å²) in [4.78, 5) is 37.0. The Morgan fingerprint density at radius 3 is 2.54 bits per heavy atom. The molecular formula is C25H24F2N2O6. The van der Waals surface area contributed by atoms with Crippen molar-refractivity contribution in [1.82, 2.24) is 4.57 Å². The van der Waals surface area contributed by atoms with E-state index in [1.165, 1.54) is 10.8 Å². The number of rotatable bonds is 9. The van der Waals surface area contributed by atoms with E-state index < -0.39 is 47.4 Å². The molecule has 0 bridgehead atoms. The molecule has 1 aliphatic carbocycles. The Bertz CT molecular complexity index is 1320. The minimum Gasteiger partial charge on any atom is -0.462 e. The summed E-state index contributed by atoms with van der Waals surface area (Å²) in [6.07, 6.45) is 1.42. The Balaban J connectivity index is 1.56. The number of pyridine rings is 1. The standard InChI is InChI=1S/C25H24F2N2O6/c1-2-34-25(33)18-12-29(15-8-9-15)22-17(23(18)31)10-19(26)21(20(22)27)28-11-16(30)13-35-24(32)14-6-4-3-5-7-14/h3-7,10,12,15-16,28,30H,2,8-9,11,13H2,1H3. The Labute approximate surface area is 199 Å². The fourth-order valence-corrected chi connectivity index (χ4v) is 3.71. The Kier molecular flexibility index (Phi) is 7.11. The average Bonchev–Trinajstić information content (AvgIpc) is 3.69. The molecule has 4 rings (SSSR count).